The quantitative estimate of drug-likeness (QED) is 0.125. The van der Waals surface area contributed by atoms with Crippen molar-refractivity contribution in [2.24, 2.45) is 5.11 Å². The normalized spacial score (nSPS) is 22.9. The summed E-state index contributed by atoms with van der Waals surface area (Å²) < 4.78 is 24.6. The second kappa shape index (κ2) is 13.4. The van der Waals surface area contributed by atoms with E-state index in [1.807, 2.05) is 66.7 Å². The first kappa shape index (κ1) is 30.5. The zero-order valence-corrected chi connectivity index (χ0v) is 24.8. The van der Waals surface area contributed by atoms with Crippen LogP contribution >= 0.6 is 0 Å². The standard InChI is InChI=1S/C31H37N3O6Si/c1-22(35)39-30-27(33-34-32)29(37-20-23-14-8-5-9-15-23)28(36)26(40-30)21-38-41(31(2,3)4,24-16-10-6-11-17-24)25-18-12-7-13-19-25/h5-19,26-30,36H,20-21H2,1-4H3/t26-,27-,28-,29-,30+/m1/s1. The zero-order valence-electron chi connectivity index (χ0n) is 23.8. The van der Waals surface area contributed by atoms with Gasteiger partial charge in [0.1, 0.15) is 24.4 Å². The predicted molar refractivity (Wildman–Crippen MR) is 158 cm³/mol. The molecule has 0 unspecified atom stereocenters. The van der Waals surface area contributed by atoms with Gasteiger partial charge in [-0.05, 0) is 26.5 Å². The van der Waals surface area contributed by atoms with Crippen molar-refractivity contribution < 1.29 is 28.5 Å². The summed E-state index contributed by atoms with van der Waals surface area (Å²) >= 11 is 0. The Labute approximate surface area is 241 Å². The lowest BCUT2D eigenvalue weighted by atomic mass is 9.97. The minimum Gasteiger partial charge on any atom is -0.435 e. The van der Waals surface area contributed by atoms with Gasteiger partial charge in [-0.15, -0.1) is 0 Å². The molecule has 1 N–H and O–H groups in total. The van der Waals surface area contributed by atoms with Crippen LogP contribution in [0, 0.1) is 0 Å². The maximum atomic E-state index is 12.0. The highest BCUT2D eigenvalue weighted by Gasteiger charge is 2.53. The monoisotopic (exact) mass is 575 g/mol. The number of aliphatic hydroxyl groups is 1. The van der Waals surface area contributed by atoms with Gasteiger partial charge in [-0.2, -0.15) is 0 Å². The summed E-state index contributed by atoms with van der Waals surface area (Å²) in [5, 5.41) is 17.2. The van der Waals surface area contributed by atoms with Crippen LogP contribution in [0.15, 0.2) is 96.1 Å². The number of ether oxygens (including phenoxy) is 3. The van der Waals surface area contributed by atoms with Crippen molar-refractivity contribution in [2.75, 3.05) is 6.61 Å². The summed E-state index contributed by atoms with van der Waals surface area (Å²) in [7, 11) is -2.96. The fraction of sp³-hybridized carbons (Fsp3) is 0.387. The molecule has 1 aliphatic rings. The number of aliphatic hydroxyl groups excluding tert-OH is 1. The molecule has 0 aromatic heterocycles. The van der Waals surface area contributed by atoms with E-state index < -0.39 is 44.9 Å². The molecule has 1 saturated heterocycles. The number of rotatable bonds is 10. The molecule has 0 radical (unpaired) electrons. The van der Waals surface area contributed by atoms with Crippen molar-refractivity contribution >= 4 is 24.7 Å². The number of hydrogen-bond donors (Lipinski definition) is 1. The number of azide groups is 1. The third-order valence-electron chi connectivity index (χ3n) is 7.28. The molecule has 0 saturated carbocycles. The Morgan fingerprint density at radius 3 is 2.00 bits per heavy atom. The van der Waals surface area contributed by atoms with Crippen LogP contribution in [0.4, 0.5) is 0 Å². The van der Waals surface area contributed by atoms with Gasteiger partial charge in [0.05, 0.1) is 13.2 Å². The van der Waals surface area contributed by atoms with Crippen molar-refractivity contribution in [3.8, 4) is 0 Å². The topological polar surface area (TPSA) is 123 Å². The molecule has 1 fully saturated rings. The maximum Gasteiger partial charge on any atom is 0.304 e. The summed E-state index contributed by atoms with van der Waals surface area (Å²) in [6.45, 7) is 7.85. The smallest absolute Gasteiger partial charge is 0.304 e. The van der Waals surface area contributed by atoms with Crippen LogP contribution in [0.25, 0.3) is 10.4 Å². The van der Waals surface area contributed by atoms with E-state index in [9.17, 15) is 15.4 Å². The molecule has 1 heterocycles. The van der Waals surface area contributed by atoms with Gasteiger partial charge in [-0.1, -0.05) is 117 Å². The van der Waals surface area contributed by atoms with E-state index in [1.54, 1.807) is 0 Å². The van der Waals surface area contributed by atoms with Crippen molar-refractivity contribution in [1.82, 2.24) is 0 Å². The van der Waals surface area contributed by atoms with Crippen molar-refractivity contribution in [3.63, 3.8) is 0 Å². The van der Waals surface area contributed by atoms with E-state index in [2.05, 4.69) is 55.1 Å². The van der Waals surface area contributed by atoms with E-state index in [0.717, 1.165) is 15.9 Å². The summed E-state index contributed by atoms with van der Waals surface area (Å²) in [6, 6.07) is 28.6. The highest BCUT2D eigenvalue weighted by Crippen LogP contribution is 2.38. The molecular weight excluding hydrogens is 538 g/mol. The number of carbonyl (C=O) groups excluding carboxylic acids is 1. The average molecular weight is 576 g/mol. The summed E-state index contributed by atoms with van der Waals surface area (Å²) in [4.78, 5) is 14.9. The summed E-state index contributed by atoms with van der Waals surface area (Å²) in [5.41, 5.74) is 10.2. The molecule has 0 bridgehead atoms. The second-order valence-electron chi connectivity index (χ2n) is 11.1. The van der Waals surface area contributed by atoms with Gasteiger partial charge < -0.3 is 23.7 Å². The number of nitrogens with zero attached hydrogens (tertiary/aromatic N) is 3. The van der Waals surface area contributed by atoms with E-state index in [1.165, 1.54) is 6.92 Å². The molecule has 0 aliphatic carbocycles. The van der Waals surface area contributed by atoms with Gasteiger partial charge in [0.2, 0.25) is 6.29 Å². The van der Waals surface area contributed by atoms with Crippen molar-refractivity contribution in [2.45, 2.75) is 70.0 Å². The van der Waals surface area contributed by atoms with Crippen LogP contribution in [0.1, 0.15) is 33.3 Å². The first-order valence-electron chi connectivity index (χ1n) is 13.6. The number of carbonyl (C=O) groups is 1. The van der Waals surface area contributed by atoms with E-state index in [4.69, 9.17) is 18.6 Å². The molecule has 9 nitrogen and oxygen atoms in total. The third-order valence-corrected chi connectivity index (χ3v) is 12.3. The molecule has 10 heteroatoms. The Kier molecular flexibility index (Phi) is 9.98. The van der Waals surface area contributed by atoms with Gasteiger partial charge >= 0.3 is 5.97 Å². The van der Waals surface area contributed by atoms with Crippen LogP contribution < -0.4 is 10.4 Å². The summed E-state index contributed by atoms with van der Waals surface area (Å²) in [5.74, 6) is -0.613. The number of hydrogen-bond acceptors (Lipinski definition) is 7. The lowest BCUT2D eigenvalue weighted by Crippen LogP contribution is -2.68. The molecule has 0 amide bonds. The van der Waals surface area contributed by atoms with Gasteiger partial charge in [0, 0.05) is 11.8 Å². The van der Waals surface area contributed by atoms with Gasteiger partial charge in [0.15, 0.2) is 0 Å². The van der Waals surface area contributed by atoms with Crippen LogP contribution in [0.5, 0.6) is 0 Å². The lowest BCUT2D eigenvalue weighted by molar-refractivity contribution is -0.265. The first-order chi connectivity index (χ1) is 19.7. The molecule has 0 spiro atoms. The molecule has 4 rings (SSSR count). The minimum atomic E-state index is -2.96. The predicted octanol–water partition coefficient (Wildman–Crippen LogP) is 4.48. The summed E-state index contributed by atoms with van der Waals surface area (Å²) in [6.07, 6.45) is -4.46. The molecule has 5 atom stereocenters. The van der Waals surface area contributed by atoms with Crippen LogP contribution in [-0.4, -0.2) is 56.6 Å². The molecule has 3 aromatic rings. The van der Waals surface area contributed by atoms with Crippen LogP contribution in [0.2, 0.25) is 5.04 Å². The van der Waals surface area contributed by atoms with E-state index in [0.29, 0.717) is 0 Å². The van der Waals surface area contributed by atoms with Crippen LogP contribution in [0.3, 0.4) is 0 Å². The van der Waals surface area contributed by atoms with Gasteiger partial charge in [0.25, 0.3) is 8.32 Å². The number of esters is 1. The lowest BCUT2D eigenvalue weighted by Gasteiger charge is -2.46. The molecule has 3 aromatic carbocycles. The Morgan fingerprint density at radius 2 is 1.51 bits per heavy atom. The minimum absolute atomic E-state index is 0.0135. The Balaban J connectivity index is 1.70. The average Bonchev–Trinajstić information content (AvgIpc) is 2.96. The second-order valence-corrected chi connectivity index (χ2v) is 15.4. The molecular formula is C31H37N3O6Si. The highest BCUT2D eigenvalue weighted by atomic mass is 28.4. The van der Waals surface area contributed by atoms with E-state index in [-0.39, 0.29) is 18.3 Å². The SMILES string of the molecule is CC(=O)O[C@H]1O[C@H](CO[Si](c2ccccc2)(c2ccccc2)C(C)(C)C)[C@@H](O)[C@H](OCc2ccccc2)[C@H]1N=[N+]=[N-]. The Bertz CT molecular complexity index is 1280. The molecule has 216 valence electrons. The van der Waals surface area contributed by atoms with E-state index >= 15 is 0 Å². The van der Waals surface area contributed by atoms with Gasteiger partial charge in [-0.3, -0.25) is 4.79 Å². The largest absolute Gasteiger partial charge is 0.435 e. The van der Waals surface area contributed by atoms with Crippen LogP contribution in [-0.2, 0) is 30.0 Å². The Hall–Kier alpha value is -3.50. The highest BCUT2D eigenvalue weighted by molar-refractivity contribution is 6.99. The third kappa shape index (κ3) is 6.87. The molecule has 1 aliphatic heterocycles. The number of benzene rings is 3. The van der Waals surface area contributed by atoms with Crippen molar-refractivity contribution in [1.29, 1.82) is 0 Å². The first-order valence-corrected chi connectivity index (χ1v) is 15.5. The van der Waals surface area contributed by atoms with Gasteiger partial charge in [-0.25, -0.2) is 0 Å². The van der Waals surface area contributed by atoms with Crippen molar-refractivity contribution in [3.05, 3.63) is 107 Å². The Morgan fingerprint density at radius 1 is 0.976 bits per heavy atom. The zero-order chi connectivity index (χ0) is 29.5. The fourth-order valence-corrected chi connectivity index (χ4v) is 9.98. The fourth-order valence-electron chi connectivity index (χ4n) is 5.41. The molecule has 41 heavy (non-hydrogen) atoms. The maximum absolute atomic E-state index is 12.0.